The van der Waals surface area contributed by atoms with E-state index in [-0.39, 0.29) is 36.2 Å². The molecule has 2 N–H and O–H groups in total. The number of rotatable bonds is 17. The monoisotopic (exact) mass is 758 g/mol. The fourth-order valence-corrected chi connectivity index (χ4v) is 9.01. The van der Waals surface area contributed by atoms with Crippen molar-refractivity contribution < 1.29 is 38.5 Å². The molecule has 274 valence electrons. The summed E-state index contributed by atoms with van der Waals surface area (Å²) in [5.41, 5.74) is -0.629. The number of morpholine rings is 1. The fraction of sp³-hybridized carbons (Fsp3) is 0.622. The second-order valence-corrected chi connectivity index (χ2v) is 14.8. The summed E-state index contributed by atoms with van der Waals surface area (Å²) in [7, 11) is 0. The van der Waals surface area contributed by atoms with Crippen LogP contribution in [0, 0.1) is 11.8 Å². The summed E-state index contributed by atoms with van der Waals surface area (Å²) in [5.74, 6) is -3.56. The number of hydrogen-bond donors (Lipinski definition) is 2. The summed E-state index contributed by atoms with van der Waals surface area (Å²) in [6, 6.07) is 6.86. The molecule has 4 aliphatic rings. The van der Waals surface area contributed by atoms with Crippen LogP contribution in [0.5, 0.6) is 0 Å². The van der Waals surface area contributed by atoms with Crippen molar-refractivity contribution in [2.75, 3.05) is 52.5 Å². The van der Waals surface area contributed by atoms with Gasteiger partial charge in [-0.25, -0.2) is 0 Å². The highest BCUT2D eigenvalue weighted by molar-refractivity contribution is 9.09. The molecule has 1 spiro atoms. The number of amides is 3. The molecule has 2 bridgehead atoms. The van der Waals surface area contributed by atoms with Gasteiger partial charge in [-0.15, -0.1) is 13.2 Å². The molecule has 4 fully saturated rings. The molecule has 0 radical (unpaired) electrons. The van der Waals surface area contributed by atoms with Crippen molar-refractivity contribution in [3.8, 4) is 0 Å². The number of carbonyl (C=O) groups excluding carboxylic acids is 4. The summed E-state index contributed by atoms with van der Waals surface area (Å²) in [6.07, 6.45) is 3.24. The van der Waals surface area contributed by atoms with E-state index in [1.807, 2.05) is 37.3 Å². The number of nitrogens with zero attached hydrogens (tertiary/aromatic N) is 3. The van der Waals surface area contributed by atoms with Gasteiger partial charge in [0.1, 0.15) is 17.7 Å². The first-order chi connectivity index (χ1) is 24.1. The third kappa shape index (κ3) is 7.57. The molecule has 0 saturated carbocycles. The van der Waals surface area contributed by atoms with Gasteiger partial charge in [-0.3, -0.25) is 24.1 Å². The Morgan fingerprint density at radius 1 is 1.20 bits per heavy atom. The van der Waals surface area contributed by atoms with Crippen molar-refractivity contribution in [3.63, 3.8) is 0 Å². The molecule has 1 aromatic rings. The lowest BCUT2D eigenvalue weighted by Crippen LogP contribution is -2.59. The molecule has 4 aliphatic heterocycles. The van der Waals surface area contributed by atoms with Crippen LogP contribution in [0.1, 0.15) is 51.2 Å². The Morgan fingerprint density at radius 2 is 1.92 bits per heavy atom. The van der Waals surface area contributed by atoms with Gasteiger partial charge in [-0.2, -0.15) is 0 Å². The molecule has 4 heterocycles. The minimum Gasteiger partial charge on any atom is -0.455 e. The highest BCUT2D eigenvalue weighted by atomic mass is 79.9. The predicted octanol–water partition coefficient (Wildman–Crippen LogP) is 2.61. The minimum atomic E-state index is -1.32. The lowest BCUT2D eigenvalue weighted by molar-refractivity contribution is -0.162. The number of allylic oxidation sites excluding steroid dienone is 1. The Hall–Kier alpha value is -3.10. The van der Waals surface area contributed by atoms with Crippen LogP contribution in [0.15, 0.2) is 55.6 Å². The third-order valence-electron chi connectivity index (χ3n) is 10.5. The first-order valence-corrected chi connectivity index (χ1v) is 18.6. The van der Waals surface area contributed by atoms with Crippen LogP contribution in [0.3, 0.4) is 0 Å². The van der Waals surface area contributed by atoms with Crippen molar-refractivity contribution in [3.05, 3.63) is 61.2 Å². The van der Waals surface area contributed by atoms with Gasteiger partial charge < -0.3 is 34.4 Å². The number of carbonyl (C=O) groups is 4. The Balaban J connectivity index is 1.46. The number of aliphatic hydroxyl groups excluding tert-OH is 1. The van der Waals surface area contributed by atoms with Crippen LogP contribution < -0.4 is 5.32 Å². The Bertz CT molecular complexity index is 1390. The molecule has 1 unspecified atom stereocenters. The SMILES string of the molecule is C=CCCC(=O)N[C@@H](C)[C@H](OC(=O)[C@H]1[C@@H]2O[C@@]3(CC2Br)[C@@H]1C(=O)N([C@@H](CC)CO)[C@@H]3C(=O)N(CC=C)CCN1CCOCC1)c1ccccc1. The van der Waals surface area contributed by atoms with Crippen molar-refractivity contribution in [1.29, 1.82) is 0 Å². The molecule has 0 aromatic heterocycles. The Morgan fingerprint density at radius 3 is 2.56 bits per heavy atom. The molecular formula is C37H51BrN4O8. The smallest absolute Gasteiger partial charge is 0.313 e. The molecule has 12 nitrogen and oxygen atoms in total. The number of alkyl halides is 1. The van der Waals surface area contributed by atoms with Gasteiger partial charge in [0.05, 0.1) is 49.8 Å². The van der Waals surface area contributed by atoms with Crippen LogP contribution in [-0.4, -0.2) is 131 Å². The number of ether oxygens (including phenoxy) is 3. The zero-order valence-corrected chi connectivity index (χ0v) is 30.7. The molecule has 0 aliphatic carbocycles. The number of nitrogens with one attached hydrogen (secondary N) is 1. The van der Waals surface area contributed by atoms with Gasteiger partial charge in [0.15, 0.2) is 0 Å². The lowest BCUT2D eigenvalue weighted by atomic mass is 9.70. The lowest BCUT2D eigenvalue weighted by Gasteiger charge is -2.39. The first kappa shape index (κ1) is 38.1. The summed E-state index contributed by atoms with van der Waals surface area (Å²) in [6.45, 7) is 14.9. The average Bonchev–Trinajstić information content (AvgIpc) is 3.72. The highest BCUT2D eigenvalue weighted by Gasteiger charge is 2.77. The standard InChI is InChI=1S/C37H51BrN4O8/c1-5-8-14-28(44)39-24(4)31(25-12-10-9-11-13-25)49-36(47)29-30-34(45)42(26(7-3)23-43)33(37(30)22-27(38)32(29)50-37)35(46)41(15-6-2)17-16-40-18-20-48-21-19-40/h5-6,9-13,24,26-27,29-33,43H,1-2,7-8,14-23H2,3-4H3,(H,39,44)/t24-,26-,27?,29+,30-,31-,32+,33+,37-/m0/s1. The van der Waals surface area contributed by atoms with E-state index in [1.165, 1.54) is 4.90 Å². The maximum absolute atomic E-state index is 14.7. The number of fused-ring (bicyclic) bond motifs is 1. The van der Waals surface area contributed by atoms with Gasteiger partial charge >= 0.3 is 5.97 Å². The number of likely N-dealkylation sites (tertiary alicyclic amines) is 1. The van der Waals surface area contributed by atoms with Gasteiger partial charge in [0.2, 0.25) is 17.7 Å². The van der Waals surface area contributed by atoms with Gasteiger partial charge in [0.25, 0.3) is 0 Å². The van der Waals surface area contributed by atoms with E-state index >= 15 is 0 Å². The van der Waals surface area contributed by atoms with E-state index in [1.54, 1.807) is 24.0 Å². The minimum absolute atomic E-state index is 0.201. The number of halogens is 1. The Labute approximate surface area is 303 Å². The number of hydrogen-bond acceptors (Lipinski definition) is 9. The van der Waals surface area contributed by atoms with E-state index in [2.05, 4.69) is 39.3 Å². The summed E-state index contributed by atoms with van der Waals surface area (Å²) < 4.78 is 18.5. The van der Waals surface area contributed by atoms with Crippen LogP contribution in [0.25, 0.3) is 0 Å². The number of esters is 1. The van der Waals surface area contributed by atoms with Crippen LogP contribution in [0.4, 0.5) is 0 Å². The van der Waals surface area contributed by atoms with Gasteiger partial charge in [-0.05, 0) is 31.7 Å². The van der Waals surface area contributed by atoms with Gasteiger partial charge in [-0.1, -0.05) is 65.3 Å². The van der Waals surface area contributed by atoms with E-state index in [9.17, 15) is 24.3 Å². The average molecular weight is 760 g/mol. The molecule has 5 rings (SSSR count). The van der Waals surface area contributed by atoms with Crippen LogP contribution in [-0.2, 0) is 33.4 Å². The van der Waals surface area contributed by atoms with Crippen molar-refractivity contribution >= 4 is 39.6 Å². The van der Waals surface area contributed by atoms with E-state index < -0.39 is 59.6 Å². The molecule has 3 amide bonds. The second-order valence-electron chi connectivity index (χ2n) is 13.6. The van der Waals surface area contributed by atoms with Crippen molar-refractivity contribution in [1.82, 2.24) is 20.0 Å². The normalized spacial score (nSPS) is 29.2. The fourth-order valence-electron chi connectivity index (χ4n) is 8.07. The second kappa shape index (κ2) is 16.9. The van der Waals surface area contributed by atoms with E-state index in [0.717, 1.165) is 13.1 Å². The maximum Gasteiger partial charge on any atom is 0.313 e. The molecule has 4 saturated heterocycles. The third-order valence-corrected chi connectivity index (χ3v) is 11.4. The maximum atomic E-state index is 14.7. The summed E-state index contributed by atoms with van der Waals surface area (Å²) in [4.78, 5) is 61.5. The Kier molecular flexibility index (Phi) is 12.9. The van der Waals surface area contributed by atoms with E-state index in [0.29, 0.717) is 51.1 Å². The van der Waals surface area contributed by atoms with E-state index in [4.69, 9.17) is 14.2 Å². The zero-order chi connectivity index (χ0) is 36.0. The largest absolute Gasteiger partial charge is 0.455 e. The molecule has 13 heteroatoms. The molecule has 9 atom stereocenters. The molecule has 50 heavy (non-hydrogen) atoms. The topological polar surface area (TPSA) is 138 Å². The predicted molar refractivity (Wildman–Crippen MR) is 190 cm³/mol. The quantitative estimate of drug-likeness (QED) is 0.140. The molecule has 1 aromatic carbocycles. The summed E-state index contributed by atoms with van der Waals surface area (Å²) >= 11 is 3.73. The molecular weight excluding hydrogens is 708 g/mol. The van der Waals surface area contributed by atoms with Crippen LogP contribution in [0.2, 0.25) is 0 Å². The van der Waals surface area contributed by atoms with Crippen molar-refractivity contribution in [2.45, 2.75) is 80.3 Å². The van der Waals surface area contributed by atoms with Crippen molar-refractivity contribution in [2.24, 2.45) is 11.8 Å². The number of benzene rings is 1. The summed E-state index contributed by atoms with van der Waals surface area (Å²) in [5, 5.41) is 13.4. The zero-order valence-electron chi connectivity index (χ0n) is 29.1. The van der Waals surface area contributed by atoms with Crippen LogP contribution >= 0.6 is 15.9 Å². The van der Waals surface area contributed by atoms with Gasteiger partial charge in [0, 0.05) is 44.0 Å². The first-order valence-electron chi connectivity index (χ1n) is 17.7. The number of aliphatic hydroxyl groups is 1. The highest BCUT2D eigenvalue weighted by Crippen LogP contribution is 2.61.